The minimum absolute atomic E-state index is 0.288. The van der Waals surface area contributed by atoms with Gasteiger partial charge in [0.15, 0.2) is 0 Å². The number of hydrogen-bond donors (Lipinski definition) is 2. The predicted octanol–water partition coefficient (Wildman–Crippen LogP) is 1.74. The van der Waals surface area contributed by atoms with Crippen LogP contribution in [0.5, 0.6) is 5.75 Å². The van der Waals surface area contributed by atoms with Gasteiger partial charge >= 0.3 is 0 Å². The Labute approximate surface area is 88.2 Å². The number of aromatic hydroxyl groups is 1. The topological polar surface area (TPSA) is 50.1 Å². The van der Waals surface area contributed by atoms with Crippen molar-refractivity contribution < 1.29 is 5.11 Å². The van der Waals surface area contributed by atoms with Gasteiger partial charge in [0.1, 0.15) is 5.75 Å². The van der Waals surface area contributed by atoms with Gasteiger partial charge in [0, 0.05) is 26.0 Å². The molecule has 15 heavy (non-hydrogen) atoms. The summed E-state index contributed by atoms with van der Waals surface area (Å²) in [6.45, 7) is 0.700. The quantitative estimate of drug-likeness (QED) is 0.798. The third-order valence-electron chi connectivity index (χ3n) is 2.21. The normalized spacial score (nSPS) is 10.2. The first-order valence-electron chi connectivity index (χ1n) is 4.75. The van der Waals surface area contributed by atoms with Crippen LogP contribution in [-0.2, 0) is 13.6 Å². The zero-order chi connectivity index (χ0) is 10.7. The molecular formula is C11H13N3O. The number of nitrogens with zero attached hydrogens (tertiary/aromatic N) is 2. The molecule has 0 aliphatic rings. The molecule has 2 N–H and O–H groups in total. The fraction of sp³-hybridized carbons (Fsp3) is 0.182. The van der Waals surface area contributed by atoms with Crippen molar-refractivity contribution in [2.75, 3.05) is 5.32 Å². The van der Waals surface area contributed by atoms with Crippen LogP contribution in [0, 0.1) is 0 Å². The van der Waals surface area contributed by atoms with Crippen LogP contribution in [0.3, 0.4) is 0 Å². The highest BCUT2D eigenvalue weighted by molar-refractivity contribution is 5.31. The van der Waals surface area contributed by atoms with Gasteiger partial charge in [0.25, 0.3) is 0 Å². The molecule has 0 bridgehead atoms. The maximum absolute atomic E-state index is 9.12. The Balaban J connectivity index is 1.99. The second-order valence-electron chi connectivity index (χ2n) is 3.38. The SMILES string of the molecule is Cn1ccnc1NCc1ccc(O)cc1. The number of aryl methyl sites for hydroxylation is 1. The maximum Gasteiger partial charge on any atom is 0.202 e. The van der Waals surface area contributed by atoms with Crippen molar-refractivity contribution in [2.24, 2.45) is 7.05 Å². The first kappa shape index (κ1) is 9.58. The summed E-state index contributed by atoms with van der Waals surface area (Å²) >= 11 is 0. The predicted molar refractivity (Wildman–Crippen MR) is 58.6 cm³/mol. The molecule has 4 heteroatoms. The number of aromatic nitrogens is 2. The number of phenolic OH excluding ortho intramolecular Hbond substituents is 1. The van der Waals surface area contributed by atoms with Crippen molar-refractivity contribution in [3.8, 4) is 5.75 Å². The minimum Gasteiger partial charge on any atom is -0.508 e. The molecule has 0 amide bonds. The highest BCUT2D eigenvalue weighted by atomic mass is 16.3. The highest BCUT2D eigenvalue weighted by Crippen LogP contribution is 2.11. The largest absolute Gasteiger partial charge is 0.508 e. The summed E-state index contributed by atoms with van der Waals surface area (Å²) in [6.07, 6.45) is 3.64. The molecule has 0 fully saturated rings. The number of hydrogen-bond acceptors (Lipinski definition) is 3. The van der Waals surface area contributed by atoms with Gasteiger partial charge in [0.2, 0.25) is 5.95 Å². The van der Waals surface area contributed by atoms with Gasteiger partial charge in [-0.1, -0.05) is 12.1 Å². The lowest BCUT2D eigenvalue weighted by Gasteiger charge is -2.05. The number of nitrogens with one attached hydrogen (secondary N) is 1. The van der Waals surface area contributed by atoms with E-state index >= 15 is 0 Å². The number of phenols is 1. The van der Waals surface area contributed by atoms with E-state index < -0.39 is 0 Å². The molecule has 0 saturated carbocycles. The number of rotatable bonds is 3. The van der Waals surface area contributed by atoms with Crippen molar-refractivity contribution in [2.45, 2.75) is 6.54 Å². The Kier molecular flexibility index (Phi) is 2.58. The number of imidazole rings is 1. The van der Waals surface area contributed by atoms with Crippen LogP contribution in [0.4, 0.5) is 5.95 Å². The Morgan fingerprint density at radius 1 is 1.33 bits per heavy atom. The lowest BCUT2D eigenvalue weighted by Crippen LogP contribution is -2.04. The average molecular weight is 203 g/mol. The summed E-state index contributed by atoms with van der Waals surface area (Å²) in [5.74, 6) is 1.12. The first-order valence-corrected chi connectivity index (χ1v) is 4.75. The average Bonchev–Trinajstić information content (AvgIpc) is 2.63. The number of anilines is 1. The van der Waals surface area contributed by atoms with E-state index in [4.69, 9.17) is 5.11 Å². The first-order chi connectivity index (χ1) is 7.25. The molecule has 4 nitrogen and oxygen atoms in total. The van der Waals surface area contributed by atoms with Gasteiger partial charge in [-0.25, -0.2) is 4.98 Å². The smallest absolute Gasteiger partial charge is 0.202 e. The van der Waals surface area contributed by atoms with Gasteiger partial charge in [-0.2, -0.15) is 0 Å². The van der Waals surface area contributed by atoms with Crippen LogP contribution in [0.25, 0.3) is 0 Å². The minimum atomic E-state index is 0.288. The molecule has 1 aromatic carbocycles. The standard InChI is InChI=1S/C11H13N3O/c1-14-7-6-12-11(14)13-8-9-2-4-10(15)5-3-9/h2-7,15H,8H2,1H3,(H,12,13). The Bertz CT molecular complexity index is 433. The van der Waals surface area contributed by atoms with Crippen molar-refractivity contribution >= 4 is 5.95 Å². The van der Waals surface area contributed by atoms with Crippen molar-refractivity contribution in [1.82, 2.24) is 9.55 Å². The fourth-order valence-electron chi connectivity index (χ4n) is 1.33. The van der Waals surface area contributed by atoms with E-state index in [0.717, 1.165) is 11.5 Å². The summed E-state index contributed by atoms with van der Waals surface area (Å²) in [5.41, 5.74) is 1.11. The molecule has 2 rings (SSSR count). The Morgan fingerprint density at radius 3 is 2.67 bits per heavy atom. The van der Waals surface area contributed by atoms with Crippen LogP contribution in [0.15, 0.2) is 36.7 Å². The molecule has 0 spiro atoms. The van der Waals surface area contributed by atoms with E-state index in [9.17, 15) is 0 Å². The molecular weight excluding hydrogens is 190 g/mol. The molecule has 0 atom stereocenters. The zero-order valence-corrected chi connectivity index (χ0v) is 8.51. The van der Waals surface area contributed by atoms with Crippen LogP contribution >= 0.6 is 0 Å². The zero-order valence-electron chi connectivity index (χ0n) is 8.51. The van der Waals surface area contributed by atoms with Gasteiger partial charge in [0.05, 0.1) is 0 Å². The molecule has 0 aliphatic carbocycles. The molecule has 78 valence electrons. The second kappa shape index (κ2) is 4.04. The van der Waals surface area contributed by atoms with Crippen molar-refractivity contribution in [3.05, 3.63) is 42.2 Å². The second-order valence-corrected chi connectivity index (χ2v) is 3.38. The van der Waals surface area contributed by atoms with Gasteiger partial charge < -0.3 is 15.0 Å². The van der Waals surface area contributed by atoms with Crippen LogP contribution in [0.2, 0.25) is 0 Å². The molecule has 0 unspecified atom stereocenters. The highest BCUT2D eigenvalue weighted by Gasteiger charge is 1.98. The lowest BCUT2D eigenvalue weighted by molar-refractivity contribution is 0.475. The Hall–Kier alpha value is -1.97. The van der Waals surface area contributed by atoms with Gasteiger partial charge in [-0.3, -0.25) is 0 Å². The number of benzene rings is 1. The lowest BCUT2D eigenvalue weighted by atomic mass is 10.2. The summed E-state index contributed by atoms with van der Waals surface area (Å²) < 4.78 is 1.92. The van der Waals surface area contributed by atoms with E-state index in [1.165, 1.54) is 0 Å². The van der Waals surface area contributed by atoms with E-state index in [1.807, 2.05) is 29.9 Å². The maximum atomic E-state index is 9.12. The molecule has 0 saturated heterocycles. The fourth-order valence-corrected chi connectivity index (χ4v) is 1.33. The molecule has 1 aromatic heterocycles. The molecule has 1 heterocycles. The Morgan fingerprint density at radius 2 is 2.07 bits per heavy atom. The third kappa shape index (κ3) is 2.28. The summed E-state index contributed by atoms with van der Waals surface area (Å²) in [6, 6.07) is 7.11. The van der Waals surface area contributed by atoms with E-state index in [2.05, 4.69) is 10.3 Å². The summed E-state index contributed by atoms with van der Waals surface area (Å²) in [4.78, 5) is 4.15. The third-order valence-corrected chi connectivity index (χ3v) is 2.21. The van der Waals surface area contributed by atoms with Crippen LogP contribution in [0.1, 0.15) is 5.56 Å². The molecule has 2 aromatic rings. The van der Waals surface area contributed by atoms with Gasteiger partial charge in [-0.15, -0.1) is 0 Å². The monoisotopic (exact) mass is 203 g/mol. The van der Waals surface area contributed by atoms with Crippen molar-refractivity contribution in [1.29, 1.82) is 0 Å². The van der Waals surface area contributed by atoms with E-state index in [-0.39, 0.29) is 5.75 Å². The van der Waals surface area contributed by atoms with Crippen LogP contribution < -0.4 is 5.32 Å². The molecule has 0 aliphatic heterocycles. The van der Waals surface area contributed by atoms with Crippen LogP contribution in [-0.4, -0.2) is 14.7 Å². The summed E-state index contributed by atoms with van der Waals surface area (Å²) in [5, 5.41) is 12.3. The molecule has 0 radical (unpaired) electrons. The van der Waals surface area contributed by atoms with E-state index in [1.54, 1.807) is 18.3 Å². The summed E-state index contributed by atoms with van der Waals surface area (Å²) in [7, 11) is 1.94. The van der Waals surface area contributed by atoms with Gasteiger partial charge in [-0.05, 0) is 17.7 Å². The van der Waals surface area contributed by atoms with E-state index in [0.29, 0.717) is 6.54 Å². The van der Waals surface area contributed by atoms with Crippen molar-refractivity contribution in [3.63, 3.8) is 0 Å².